The summed E-state index contributed by atoms with van der Waals surface area (Å²) in [5, 5.41) is 0. The molecule has 0 aliphatic rings. The largest absolute Gasteiger partial charge is 0.463 e. The highest BCUT2D eigenvalue weighted by atomic mass is 28.4. The summed E-state index contributed by atoms with van der Waals surface area (Å²) in [4.78, 5) is 11.0. The van der Waals surface area contributed by atoms with Gasteiger partial charge < -0.3 is 13.6 Å². The van der Waals surface area contributed by atoms with Gasteiger partial charge in [0.2, 0.25) is 0 Å². The lowest BCUT2D eigenvalue weighted by molar-refractivity contribution is -0.137. The van der Waals surface area contributed by atoms with Crippen molar-refractivity contribution in [2.24, 2.45) is 0 Å². The van der Waals surface area contributed by atoms with Gasteiger partial charge in [-0.05, 0) is 25.8 Å². The van der Waals surface area contributed by atoms with Gasteiger partial charge >= 0.3 is 14.5 Å². The molecule has 0 radical (unpaired) electrons. The van der Waals surface area contributed by atoms with Crippen molar-refractivity contribution >= 4 is 14.5 Å². The molecule has 19 heavy (non-hydrogen) atoms. The van der Waals surface area contributed by atoms with Gasteiger partial charge in [-0.3, -0.25) is 0 Å². The minimum atomic E-state index is -2.19. The Labute approximate surface area is 118 Å². The molecule has 0 rings (SSSR count). The number of hydrogen-bond acceptors (Lipinski definition) is 4. The van der Waals surface area contributed by atoms with Crippen LogP contribution in [0.2, 0.25) is 12.1 Å². The summed E-state index contributed by atoms with van der Waals surface area (Å²) < 4.78 is 17.0. The molecule has 5 heteroatoms. The first-order valence-electron chi connectivity index (χ1n) is 7.07. The van der Waals surface area contributed by atoms with Crippen molar-refractivity contribution < 1.29 is 18.4 Å². The molecule has 0 aromatic rings. The van der Waals surface area contributed by atoms with Crippen LogP contribution < -0.4 is 0 Å². The van der Waals surface area contributed by atoms with E-state index in [1.54, 1.807) is 0 Å². The standard InChI is InChI=1S/C14H28O4Si/c1-6-10-17-19(5,18-11-7-2)13(4)9-12-16-14(15)8-3/h8,13H,3,6-7,9-12H2,1-2,4-5H3. The van der Waals surface area contributed by atoms with Crippen LogP contribution in [-0.2, 0) is 18.4 Å². The molecule has 1 unspecified atom stereocenters. The fourth-order valence-electron chi connectivity index (χ4n) is 1.59. The average molecular weight is 288 g/mol. The molecule has 4 nitrogen and oxygen atoms in total. The minimum Gasteiger partial charge on any atom is -0.463 e. The van der Waals surface area contributed by atoms with E-state index in [1.807, 2.05) is 0 Å². The van der Waals surface area contributed by atoms with Gasteiger partial charge in [-0.2, -0.15) is 0 Å². The Morgan fingerprint density at radius 1 is 1.21 bits per heavy atom. The maximum absolute atomic E-state index is 11.0. The van der Waals surface area contributed by atoms with Crippen molar-refractivity contribution in [2.45, 2.75) is 52.1 Å². The van der Waals surface area contributed by atoms with Crippen LogP contribution in [0.25, 0.3) is 0 Å². The molecule has 1 atom stereocenters. The average Bonchev–Trinajstić information content (AvgIpc) is 2.42. The van der Waals surface area contributed by atoms with Gasteiger partial charge in [-0.25, -0.2) is 4.79 Å². The molecule has 0 fully saturated rings. The van der Waals surface area contributed by atoms with Crippen molar-refractivity contribution in [1.29, 1.82) is 0 Å². The first kappa shape index (κ1) is 18.3. The van der Waals surface area contributed by atoms with E-state index >= 15 is 0 Å². The van der Waals surface area contributed by atoms with Gasteiger partial charge in [0.05, 0.1) is 6.61 Å². The van der Waals surface area contributed by atoms with Gasteiger partial charge in [-0.15, -0.1) is 0 Å². The first-order chi connectivity index (χ1) is 9.00. The molecule has 112 valence electrons. The van der Waals surface area contributed by atoms with Crippen molar-refractivity contribution in [3.8, 4) is 0 Å². The Morgan fingerprint density at radius 3 is 2.16 bits per heavy atom. The number of esters is 1. The topological polar surface area (TPSA) is 44.8 Å². The molecule has 0 heterocycles. The lowest BCUT2D eigenvalue weighted by Crippen LogP contribution is -2.43. The zero-order valence-corrected chi connectivity index (χ0v) is 13.7. The van der Waals surface area contributed by atoms with Crippen molar-refractivity contribution in [2.75, 3.05) is 19.8 Å². The molecule has 0 spiro atoms. The third-order valence-corrected chi connectivity index (χ3v) is 6.68. The van der Waals surface area contributed by atoms with E-state index in [-0.39, 0.29) is 11.5 Å². The van der Waals surface area contributed by atoms with Gasteiger partial charge in [-0.1, -0.05) is 27.4 Å². The van der Waals surface area contributed by atoms with E-state index < -0.39 is 8.56 Å². The molecule has 0 saturated heterocycles. The first-order valence-corrected chi connectivity index (χ1v) is 9.46. The van der Waals surface area contributed by atoms with E-state index in [1.165, 1.54) is 6.08 Å². The summed E-state index contributed by atoms with van der Waals surface area (Å²) in [7, 11) is -2.19. The van der Waals surface area contributed by atoms with Crippen LogP contribution in [0.15, 0.2) is 12.7 Å². The van der Waals surface area contributed by atoms with Crippen LogP contribution in [-0.4, -0.2) is 34.4 Å². The summed E-state index contributed by atoms with van der Waals surface area (Å²) in [6.07, 6.45) is 3.91. The van der Waals surface area contributed by atoms with Crippen LogP contribution >= 0.6 is 0 Å². The zero-order valence-electron chi connectivity index (χ0n) is 12.7. The SMILES string of the molecule is C=CC(=O)OCCC(C)[Si](C)(OCCC)OCCC. The quantitative estimate of drug-likeness (QED) is 0.332. The van der Waals surface area contributed by atoms with E-state index in [2.05, 4.69) is 33.9 Å². The molecule has 0 saturated carbocycles. The van der Waals surface area contributed by atoms with Crippen LogP contribution in [0.3, 0.4) is 0 Å². The maximum atomic E-state index is 11.0. The highest BCUT2D eigenvalue weighted by molar-refractivity contribution is 6.67. The van der Waals surface area contributed by atoms with Crippen LogP contribution in [0.4, 0.5) is 0 Å². The summed E-state index contributed by atoms with van der Waals surface area (Å²) in [6, 6.07) is 0. The van der Waals surface area contributed by atoms with E-state index in [9.17, 15) is 4.79 Å². The molecule has 0 aliphatic carbocycles. The van der Waals surface area contributed by atoms with E-state index in [0.717, 1.165) is 32.5 Å². The second-order valence-corrected chi connectivity index (χ2v) is 8.37. The molecule has 0 amide bonds. The van der Waals surface area contributed by atoms with E-state index in [0.29, 0.717) is 6.61 Å². The predicted molar refractivity (Wildman–Crippen MR) is 79.3 cm³/mol. The summed E-state index contributed by atoms with van der Waals surface area (Å²) in [5.41, 5.74) is 0.281. The fourth-order valence-corrected chi connectivity index (χ4v) is 4.11. The molecule has 0 aromatic heterocycles. The van der Waals surface area contributed by atoms with Crippen molar-refractivity contribution in [3.63, 3.8) is 0 Å². The highest BCUT2D eigenvalue weighted by Crippen LogP contribution is 2.27. The second kappa shape index (κ2) is 10.2. The van der Waals surface area contributed by atoms with Crippen LogP contribution in [0.1, 0.15) is 40.0 Å². The van der Waals surface area contributed by atoms with E-state index in [4.69, 9.17) is 13.6 Å². The highest BCUT2D eigenvalue weighted by Gasteiger charge is 2.38. The Bertz CT molecular complexity index is 260. The lowest BCUT2D eigenvalue weighted by Gasteiger charge is -2.32. The second-order valence-electron chi connectivity index (χ2n) is 4.77. The Morgan fingerprint density at radius 2 is 1.74 bits per heavy atom. The summed E-state index contributed by atoms with van der Waals surface area (Å²) >= 11 is 0. The molecule has 0 bridgehead atoms. The number of hydrogen-bond donors (Lipinski definition) is 0. The summed E-state index contributed by atoms with van der Waals surface area (Å²) in [5.74, 6) is -0.375. The Balaban J connectivity index is 4.30. The smallest absolute Gasteiger partial charge is 0.337 e. The number of rotatable bonds is 11. The monoisotopic (exact) mass is 288 g/mol. The van der Waals surface area contributed by atoms with Crippen LogP contribution in [0.5, 0.6) is 0 Å². The Kier molecular flexibility index (Phi) is 9.82. The third-order valence-electron chi connectivity index (χ3n) is 3.04. The fraction of sp³-hybridized carbons (Fsp3) is 0.786. The van der Waals surface area contributed by atoms with Crippen LogP contribution in [0, 0.1) is 0 Å². The third kappa shape index (κ3) is 7.50. The molecule has 0 N–H and O–H groups in total. The van der Waals surface area contributed by atoms with Gasteiger partial charge in [0.25, 0.3) is 0 Å². The molecular weight excluding hydrogens is 260 g/mol. The number of carbonyl (C=O) groups excluding carboxylic acids is 1. The minimum absolute atomic E-state index is 0.281. The van der Waals surface area contributed by atoms with Gasteiger partial charge in [0.1, 0.15) is 0 Å². The van der Waals surface area contributed by atoms with Crippen molar-refractivity contribution in [3.05, 3.63) is 12.7 Å². The lowest BCUT2D eigenvalue weighted by atomic mass is 10.3. The number of carbonyl (C=O) groups is 1. The summed E-state index contributed by atoms with van der Waals surface area (Å²) in [6.45, 7) is 13.6. The van der Waals surface area contributed by atoms with Crippen molar-refractivity contribution in [1.82, 2.24) is 0 Å². The Hall–Kier alpha value is -0.653. The maximum Gasteiger partial charge on any atom is 0.337 e. The zero-order chi connectivity index (χ0) is 14.7. The molecular formula is C14H28O4Si. The molecule has 0 aliphatic heterocycles. The number of ether oxygens (including phenoxy) is 1. The molecule has 0 aromatic carbocycles. The normalized spacial score (nSPS) is 13.1. The van der Waals surface area contributed by atoms with Gasteiger partial charge in [0.15, 0.2) is 0 Å². The predicted octanol–water partition coefficient (Wildman–Crippen LogP) is 3.42. The van der Waals surface area contributed by atoms with Gasteiger partial charge in [0, 0.05) is 24.8 Å².